The standard InChI is InChI=1S/C44H54N4O9/c1-5-8-9-10-19-55-39(51)23-36(45)31-15-13-28(14-16-31)20-38(50)35-21-30(7-3)32(25-49)22-34(35)33-17-18-37(42(52)47-24-29-11-12-29)48-41(33)44(54)57-26-56-43(53)40(46)27(4)6-2/h7,13-18,21-22,27,29,40,45,49H,3,5-6,8-12,19-20,23-26,46H2,1-2,4H3,(H,47,52)/t27?,40-/m0/s1. The largest absolute Gasteiger partial charge is 0.465 e. The van der Waals surface area contributed by atoms with E-state index in [2.05, 4.69) is 23.8 Å². The number of ether oxygens (including phenoxy) is 3. The van der Waals surface area contributed by atoms with E-state index in [1.54, 1.807) is 43.3 Å². The number of nitrogens with one attached hydrogen (secondary N) is 2. The molecule has 13 heteroatoms. The maximum atomic E-state index is 14.1. The number of rotatable bonds is 23. The Bertz CT molecular complexity index is 1940. The Morgan fingerprint density at radius 3 is 2.39 bits per heavy atom. The van der Waals surface area contributed by atoms with Gasteiger partial charge in [0.2, 0.25) is 6.79 Å². The van der Waals surface area contributed by atoms with Gasteiger partial charge in [-0.15, -0.1) is 0 Å². The van der Waals surface area contributed by atoms with Crippen molar-refractivity contribution in [2.75, 3.05) is 19.9 Å². The molecule has 1 heterocycles. The van der Waals surface area contributed by atoms with Crippen LogP contribution in [0.1, 0.15) is 126 Å². The van der Waals surface area contributed by atoms with Crippen LogP contribution in [0.3, 0.4) is 0 Å². The second-order valence-corrected chi connectivity index (χ2v) is 14.4. The van der Waals surface area contributed by atoms with E-state index in [1.165, 1.54) is 18.2 Å². The number of nitrogens with two attached hydrogens (primary N) is 1. The predicted octanol–water partition coefficient (Wildman–Crippen LogP) is 6.36. The third-order valence-electron chi connectivity index (χ3n) is 10.00. The lowest BCUT2D eigenvalue weighted by molar-refractivity contribution is -0.155. The van der Waals surface area contributed by atoms with Crippen LogP contribution >= 0.6 is 0 Å². The average molecular weight is 783 g/mol. The summed E-state index contributed by atoms with van der Waals surface area (Å²) in [4.78, 5) is 70.0. The molecule has 4 rings (SSSR count). The van der Waals surface area contributed by atoms with Gasteiger partial charge in [0.1, 0.15) is 11.7 Å². The molecule has 1 amide bonds. The molecule has 0 bridgehead atoms. The molecule has 5 N–H and O–H groups in total. The van der Waals surface area contributed by atoms with Crippen LogP contribution in [-0.2, 0) is 36.8 Å². The predicted molar refractivity (Wildman–Crippen MR) is 216 cm³/mol. The zero-order valence-corrected chi connectivity index (χ0v) is 33.1. The Kier molecular flexibility index (Phi) is 16.8. The van der Waals surface area contributed by atoms with Gasteiger partial charge < -0.3 is 35.8 Å². The first-order chi connectivity index (χ1) is 27.4. The van der Waals surface area contributed by atoms with Gasteiger partial charge in [0, 0.05) is 29.8 Å². The topological polar surface area (TPSA) is 208 Å². The highest BCUT2D eigenvalue weighted by Crippen LogP contribution is 2.32. The number of hydrogen-bond donors (Lipinski definition) is 4. The summed E-state index contributed by atoms with van der Waals surface area (Å²) in [5.41, 5.74) is 8.25. The van der Waals surface area contributed by atoms with Gasteiger partial charge in [0.05, 0.1) is 19.6 Å². The van der Waals surface area contributed by atoms with Crippen LogP contribution < -0.4 is 11.1 Å². The van der Waals surface area contributed by atoms with Gasteiger partial charge >= 0.3 is 17.9 Å². The highest BCUT2D eigenvalue weighted by atomic mass is 16.7. The first-order valence-electron chi connectivity index (χ1n) is 19.5. The lowest BCUT2D eigenvalue weighted by Gasteiger charge is -2.18. The molecule has 1 aromatic heterocycles. The fourth-order valence-electron chi connectivity index (χ4n) is 5.96. The van der Waals surface area contributed by atoms with Crippen LogP contribution in [0.25, 0.3) is 17.2 Å². The Morgan fingerprint density at radius 2 is 1.74 bits per heavy atom. The van der Waals surface area contributed by atoms with Gasteiger partial charge in [-0.1, -0.05) is 83.4 Å². The number of aliphatic hydroxyl groups excluding tert-OH is 1. The molecule has 1 saturated carbocycles. The maximum Gasteiger partial charge on any atom is 0.360 e. The van der Waals surface area contributed by atoms with Crippen molar-refractivity contribution in [2.24, 2.45) is 17.6 Å². The molecule has 13 nitrogen and oxygen atoms in total. The molecule has 0 saturated heterocycles. The summed E-state index contributed by atoms with van der Waals surface area (Å²) < 4.78 is 15.7. The lowest BCUT2D eigenvalue weighted by Crippen LogP contribution is -2.38. The van der Waals surface area contributed by atoms with Gasteiger partial charge in [-0.2, -0.15) is 0 Å². The molecule has 57 heavy (non-hydrogen) atoms. The molecule has 1 fully saturated rings. The van der Waals surface area contributed by atoms with Crippen molar-refractivity contribution in [3.63, 3.8) is 0 Å². The maximum absolute atomic E-state index is 14.1. The zero-order valence-electron chi connectivity index (χ0n) is 33.1. The van der Waals surface area contributed by atoms with E-state index < -0.39 is 43.3 Å². The summed E-state index contributed by atoms with van der Waals surface area (Å²) in [5, 5.41) is 21.5. The van der Waals surface area contributed by atoms with Crippen LogP contribution in [0.4, 0.5) is 0 Å². The van der Waals surface area contributed by atoms with E-state index in [0.29, 0.717) is 47.7 Å². The van der Waals surface area contributed by atoms with Crippen molar-refractivity contribution in [2.45, 2.75) is 91.2 Å². The lowest BCUT2D eigenvalue weighted by atomic mass is 9.89. The van der Waals surface area contributed by atoms with Crippen molar-refractivity contribution in [1.29, 1.82) is 5.41 Å². The number of esters is 3. The van der Waals surface area contributed by atoms with Crippen molar-refractivity contribution in [3.05, 3.63) is 94.3 Å². The number of benzene rings is 2. The summed E-state index contributed by atoms with van der Waals surface area (Å²) in [6.45, 7) is 9.21. The first-order valence-corrected chi connectivity index (χ1v) is 19.5. The molecule has 304 valence electrons. The summed E-state index contributed by atoms with van der Waals surface area (Å²) in [6.07, 6.45) is 7.81. The summed E-state index contributed by atoms with van der Waals surface area (Å²) in [7, 11) is 0. The molecule has 2 aromatic carbocycles. The molecule has 3 aromatic rings. The fraction of sp³-hybridized carbons (Fsp3) is 0.432. The number of pyridine rings is 1. The molecule has 1 aliphatic carbocycles. The molecule has 0 spiro atoms. The van der Waals surface area contributed by atoms with Crippen LogP contribution in [0.2, 0.25) is 0 Å². The van der Waals surface area contributed by atoms with Crippen LogP contribution in [0, 0.1) is 17.2 Å². The van der Waals surface area contributed by atoms with Crippen LogP contribution in [0.5, 0.6) is 0 Å². The van der Waals surface area contributed by atoms with Crippen molar-refractivity contribution in [3.8, 4) is 11.1 Å². The molecule has 0 radical (unpaired) electrons. The Morgan fingerprint density at radius 1 is 1.00 bits per heavy atom. The molecule has 0 aliphatic heterocycles. The molecule has 1 unspecified atom stereocenters. The average Bonchev–Trinajstić information content (AvgIpc) is 4.06. The third kappa shape index (κ3) is 12.7. The van der Waals surface area contributed by atoms with Crippen molar-refractivity contribution >= 4 is 41.4 Å². The minimum atomic E-state index is -1.03. The second-order valence-electron chi connectivity index (χ2n) is 14.4. The normalized spacial score (nSPS) is 13.2. The Labute approximate surface area is 333 Å². The van der Waals surface area contributed by atoms with Crippen molar-refractivity contribution < 1.29 is 43.3 Å². The van der Waals surface area contributed by atoms with E-state index in [9.17, 15) is 29.1 Å². The van der Waals surface area contributed by atoms with Crippen LogP contribution in [0.15, 0.2) is 55.1 Å². The quantitative estimate of drug-likeness (QED) is 0.0274. The number of carbonyl (C=O) groups is 5. The molecule has 1 aliphatic rings. The van der Waals surface area contributed by atoms with Crippen LogP contribution in [-0.4, -0.2) is 71.4 Å². The second kappa shape index (κ2) is 21.7. The summed E-state index contributed by atoms with van der Waals surface area (Å²) in [5.74, 6) is -2.88. The van der Waals surface area contributed by atoms with E-state index in [4.69, 9.17) is 25.4 Å². The number of unbranched alkanes of at least 4 members (excludes halogenated alkanes) is 3. The highest BCUT2D eigenvalue weighted by Gasteiger charge is 2.27. The SMILES string of the molecule is C=Cc1cc(C(=O)Cc2ccc(C(=N)CC(=O)OCCCCCC)cc2)c(-c2ccc(C(=O)NCC3CC3)nc2C(=O)OCOC(=O)[C@@H](N)C(C)CC)cc1CO. The smallest absolute Gasteiger partial charge is 0.360 e. The Hall–Kier alpha value is -5.53. The summed E-state index contributed by atoms with van der Waals surface area (Å²) >= 11 is 0. The zero-order chi connectivity index (χ0) is 41.5. The van der Waals surface area contributed by atoms with Crippen molar-refractivity contribution in [1.82, 2.24) is 10.3 Å². The number of aromatic nitrogens is 1. The molecular weight excluding hydrogens is 729 g/mol. The van der Waals surface area contributed by atoms with E-state index in [0.717, 1.165) is 38.5 Å². The minimum Gasteiger partial charge on any atom is -0.465 e. The molecular formula is C44H54N4O9. The van der Waals surface area contributed by atoms with Gasteiger partial charge in [0.15, 0.2) is 11.5 Å². The van der Waals surface area contributed by atoms with Gasteiger partial charge in [-0.05, 0) is 83.2 Å². The van der Waals surface area contributed by atoms with Gasteiger partial charge in [0.25, 0.3) is 5.91 Å². The number of hydrogen-bond acceptors (Lipinski definition) is 12. The Balaban J connectivity index is 1.61. The summed E-state index contributed by atoms with van der Waals surface area (Å²) in [6, 6.07) is 11.8. The number of Topliss-reactive ketones (excluding diaryl/α,β-unsaturated/α-hetero) is 1. The minimum absolute atomic E-state index is 0.0639. The number of amides is 1. The van der Waals surface area contributed by atoms with E-state index >= 15 is 0 Å². The number of nitrogens with zero attached hydrogens (tertiary/aromatic N) is 1. The van der Waals surface area contributed by atoms with E-state index in [-0.39, 0.29) is 58.3 Å². The monoisotopic (exact) mass is 782 g/mol. The van der Waals surface area contributed by atoms with Gasteiger partial charge in [-0.3, -0.25) is 19.2 Å². The molecule has 2 atom stereocenters. The van der Waals surface area contributed by atoms with E-state index in [1.807, 2.05) is 6.92 Å². The first kappa shape index (κ1) is 44.2. The highest BCUT2D eigenvalue weighted by molar-refractivity contribution is 6.09. The number of aliphatic hydroxyl groups is 1. The third-order valence-corrected chi connectivity index (χ3v) is 10.00. The fourth-order valence-corrected chi connectivity index (χ4v) is 5.96. The number of carbonyl (C=O) groups excluding carboxylic acids is 5. The van der Waals surface area contributed by atoms with Gasteiger partial charge in [-0.25, -0.2) is 9.78 Å². The number of ketones is 1.